The second kappa shape index (κ2) is 6.38. The van der Waals surface area contributed by atoms with Crippen molar-refractivity contribution in [2.24, 2.45) is 0 Å². The molecule has 0 aliphatic carbocycles. The number of thioether (sulfide) groups is 1. The number of amides is 1. The first kappa shape index (κ1) is 17.5. The van der Waals surface area contributed by atoms with E-state index < -0.39 is 9.84 Å². The first-order valence-electron chi connectivity index (χ1n) is 8.30. The van der Waals surface area contributed by atoms with Gasteiger partial charge in [0.05, 0.1) is 34.2 Å². The summed E-state index contributed by atoms with van der Waals surface area (Å²) < 4.78 is 38.7. The van der Waals surface area contributed by atoms with Crippen LogP contribution in [-0.2, 0) is 14.6 Å². The van der Waals surface area contributed by atoms with Gasteiger partial charge in [0.1, 0.15) is 11.6 Å². The molecule has 0 radical (unpaired) electrons. The third-order valence-corrected chi connectivity index (χ3v) is 7.78. The number of anilines is 1. The SMILES string of the molecule is Cc1nn([C@@H]2CCS(=O)(=O)C2)c2c1[C@@H](c1ccc(F)cc1)SCC(=O)N2. The number of halogens is 1. The number of carbonyl (C=O) groups excluding carboxylic acids is 1. The molecule has 26 heavy (non-hydrogen) atoms. The smallest absolute Gasteiger partial charge is 0.235 e. The summed E-state index contributed by atoms with van der Waals surface area (Å²) in [5.41, 5.74) is 2.49. The number of rotatable bonds is 2. The molecule has 0 unspecified atom stereocenters. The van der Waals surface area contributed by atoms with E-state index in [1.807, 2.05) is 6.92 Å². The maximum Gasteiger partial charge on any atom is 0.235 e. The molecular formula is C17H18FN3O3S2. The molecule has 0 saturated carbocycles. The number of aromatic nitrogens is 2. The number of hydrogen-bond acceptors (Lipinski definition) is 5. The van der Waals surface area contributed by atoms with Crippen LogP contribution < -0.4 is 5.32 Å². The number of benzene rings is 1. The van der Waals surface area contributed by atoms with E-state index in [4.69, 9.17) is 0 Å². The highest BCUT2D eigenvalue weighted by Gasteiger charge is 2.36. The van der Waals surface area contributed by atoms with Gasteiger partial charge in [-0.3, -0.25) is 4.79 Å². The summed E-state index contributed by atoms with van der Waals surface area (Å²) in [5.74, 6) is 0.529. The fourth-order valence-electron chi connectivity index (χ4n) is 3.54. The van der Waals surface area contributed by atoms with Crippen molar-refractivity contribution in [3.05, 3.63) is 46.9 Å². The molecule has 138 valence electrons. The summed E-state index contributed by atoms with van der Waals surface area (Å²) in [6, 6.07) is 5.95. The monoisotopic (exact) mass is 395 g/mol. The summed E-state index contributed by atoms with van der Waals surface area (Å²) in [7, 11) is -3.07. The first-order chi connectivity index (χ1) is 12.3. The predicted octanol–water partition coefficient (Wildman–Crippen LogP) is 2.46. The normalized spacial score (nSPS) is 24.8. The Morgan fingerprint density at radius 2 is 2.04 bits per heavy atom. The van der Waals surface area contributed by atoms with Crippen LogP contribution in [0.15, 0.2) is 24.3 Å². The van der Waals surface area contributed by atoms with Gasteiger partial charge in [-0.05, 0) is 31.0 Å². The number of sulfone groups is 1. The van der Waals surface area contributed by atoms with Gasteiger partial charge in [0.2, 0.25) is 5.91 Å². The zero-order valence-electron chi connectivity index (χ0n) is 14.1. The van der Waals surface area contributed by atoms with Crippen LogP contribution in [-0.4, -0.2) is 41.4 Å². The second-order valence-electron chi connectivity index (χ2n) is 6.64. The fraction of sp³-hybridized carbons (Fsp3) is 0.412. The number of fused-ring (bicyclic) bond motifs is 1. The topological polar surface area (TPSA) is 81.1 Å². The van der Waals surface area contributed by atoms with Crippen molar-refractivity contribution in [1.82, 2.24) is 9.78 Å². The van der Waals surface area contributed by atoms with E-state index >= 15 is 0 Å². The van der Waals surface area contributed by atoms with Crippen molar-refractivity contribution < 1.29 is 17.6 Å². The van der Waals surface area contributed by atoms with E-state index in [-0.39, 0.29) is 40.3 Å². The maximum atomic E-state index is 13.3. The van der Waals surface area contributed by atoms with E-state index in [1.54, 1.807) is 16.8 Å². The van der Waals surface area contributed by atoms with Crippen molar-refractivity contribution in [1.29, 1.82) is 0 Å². The largest absolute Gasteiger partial charge is 0.310 e. The summed E-state index contributed by atoms with van der Waals surface area (Å²) in [6.45, 7) is 1.85. The number of carbonyl (C=O) groups is 1. The van der Waals surface area contributed by atoms with E-state index in [0.717, 1.165) is 16.8 Å². The number of nitrogens with zero attached hydrogens (tertiary/aromatic N) is 2. The molecule has 4 rings (SSSR count). The Bertz CT molecular complexity index is 970. The number of aryl methyl sites for hydroxylation is 1. The quantitative estimate of drug-likeness (QED) is 0.845. The first-order valence-corrected chi connectivity index (χ1v) is 11.2. The summed E-state index contributed by atoms with van der Waals surface area (Å²) >= 11 is 1.46. The molecule has 0 bridgehead atoms. The molecular weight excluding hydrogens is 377 g/mol. The van der Waals surface area contributed by atoms with Gasteiger partial charge in [-0.2, -0.15) is 5.10 Å². The molecule has 3 heterocycles. The molecule has 9 heteroatoms. The van der Waals surface area contributed by atoms with Gasteiger partial charge in [0.25, 0.3) is 0 Å². The number of nitrogens with one attached hydrogen (secondary N) is 1. The average Bonchev–Trinajstić information content (AvgIpc) is 3.03. The lowest BCUT2D eigenvalue weighted by Gasteiger charge is -2.16. The van der Waals surface area contributed by atoms with Crippen LogP contribution in [0.5, 0.6) is 0 Å². The van der Waals surface area contributed by atoms with Gasteiger partial charge in [0.15, 0.2) is 9.84 Å². The Hall–Kier alpha value is -1.87. The van der Waals surface area contributed by atoms with E-state index in [0.29, 0.717) is 12.2 Å². The fourth-order valence-corrected chi connectivity index (χ4v) is 6.42. The molecule has 2 aliphatic heterocycles. The van der Waals surface area contributed by atoms with E-state index in [9.17, 15) is 17.6 Å². The summed E-state index contributed by atoms with van der Waals surface area (Å²) in [6.07, 6.45) is 0.486. The van der Waals surface area contributed by atoms with Crippen molar-refractivity contribution in [2.45, 2.75) is 24.6 Å². The molecule has 0 spiro atoms. The minimum Gasteiger partial charge on any atom is -0.310 e. The third-order valence-electron chi connectivity index (χ3n) is 4.76. The highest BCUT2D eigenvalue weighted by atomic mass is 32.2. The summed E-state index contributed by atoms with van der Waals surface area (Å²) in [5, 5.41) is 7.29. The molecule has 1 fully saturated rings. The molecule has 1 saturated heterocycles. The Morgan fingerprint density at radius 1 is 1.31 bits per heavy atom. The van der Waals surface area contributed by atoms with Crippen molar-refractivity contribution in [3.8, 4) is 0 Å². The van der Waals surface area contributed by atoms with Gasteiger partial charge < -0.3 is 5.32 Å². The summed E-state index contributed by atoms with van der Waals surface area (Å²) in [4.78, 5) is 12.2. The molecule has 1 amide bonds. The minimum absolute atomic E-state index is 0.0325. The van der Waals surface area contributed by atoms with Gasteiger partial charge in [0, 0.05) is 5.56 Å². The van der Waals surface area contributed by atoms with Crippen LogP contribution in [0, 0.1) is 12.7 Å². The zero-order valence-corrected chi connectivity index (χ0v) is 15.7. The molecule has 2 aliphatic rings. The highest BCUT2D eigenvalue weighted by molar-refractivity contribution is 8.00. The van der Waals surface area contributed by atoms with Gasteiger partial charge in [-0.15, -0.1) is 11.8 Å². The van der Waals surface area contributed by atoms with Gasteiger partial charge in [-0.25, -0.2) is 17.5 Å². The lowest BCUT2D eigenvalue weighted by atomic mass is 10.0. The predicted molar refractivity (Wildman–Crippen MR) is 98.6 cm³/mol. The average molecular weight is 395 g/mol. The zero-order chi connectivity index (χ0) is 18.5. The minimum atomic E-state index is -3.07. The molecule has 1 N–H and O–H groups in total. The Balaban J connectivity index is 1.81. The molecule has 2 atom stereocenters. The molecule has 1 aromatic carbocycles. The van der Waals surface area contributed by atoms with Crippen LogP contribution in [0.2, 0.25) is 0 Å². The Morgan fingerprint density at radius 3 is 2.69 bits per heavy atom. The Labute approximate surface area is 155 Å². The van der Waals surface area contributed by atoms with Crippen LogP contribution in [0.25, 0.3) is 0 Å². The Kier molecular flexibility index (Phi) is 4.31. The maximum absolute atomic E-state index is 13.3. The standard InChI is InChI=1S/C17H18FN3O3S2/c1-10-15-16(11-2-4-12(18)5-3-11)25-8-14(22)19-17(15)21(20-10)13-6-7-26(23,24)9-13/h2-5,13,16H,6-9H2,1H3,(H,19,22)/t13-,16-/m1/s1. The molecule has 1 aromatic heterocycles. The molecule has 2 aromatic rings. The third kappa shape index (κ3) is 3.14. The molecule has 6 nitrogen and oxygen atoms in total. The van der Waals surface area contributed by atoms with Gasteiger partial charge >= 0.3 is 0 Å². The number of hydrogen-bond donors (Lipinski definition) is 1. The van der Waals surface area contributed by atoms with Crippen molar-refractivity contribution >= 4 is 33.3 Å². The van der Waals surface area contributed by atoms with Crippen molar-refractivity contribution in [3.63, 3.8) is 0 Å². The van der Waals surface area contributed by atoms with Crippen LogP contribution in [0.4, 0.5) is 10.2 Å². The lowest BCUT2D eigenvalue weighted by Crippen LogP contribution is -2.20. The lowest BCUT2D eigenvalue weighted by molar-refractivity contribution is -0.113. The van der Waals surface area contributed by atoms with Crippen LogP contribution in [0.3, 0.4) is 0 Å². The highest BCUT2D eigenvalue weighted by Crippen LogP contribution is 2.44. The second-order valence-corrected chi connectivity index (χ2v) is 9.96. The van der Waals surface area contributed by atoms with E-state index in [1.165, 1.54) is 23.9 Å². The van der Waals surface area contributed by atoms with E-state index in [2.05, 4.69) is 10.4 Å². The van der Waals surface area contributed by atoms with Crippen molar-refractivity contribution in [2.75, 3.05) is 22.6 Å². The van der Waals surface area contributed by atoms with Gasteiger partial charge in [-0.1, -0.05) is 12.1 Å². The van der Waals surface area contributed by atoms with Crippen LogP contribution in [0.1, 0.15) is 34.5 Å². The van der Waals surface area contributed by atoms with Crippen LogP contribution >= 0.6 is 11.8 Å².